The van der Waals surface area contributed by atoms with Gasteiger partial charge < -0.3 is 4.74 Å². The maximum Gasteiger partial charge on any atom is 0.416 e. The fourth-order valence-electron chi connectivity index (χ4n) is 2.88. The third kappa shape index (κ3) is 3.95. The van der Waals surface area contributed by atoms with Crippen LogP contribution in [-0.2, 0) is 10.9 Å². The van der Waals surface area contributed by atoms with Gasteiger partial charge in [0.25, 0.3) is 0 Å². The molecule has 0 aliphatic carbocycles. The van der Waals surface area contributed by atoms with Crippen molar-refractivity contribution in [2.75, 3.05) is 6.61 Å². The number of ether oxygens (including phenoxy) is 1. The van der Waals surface area contributed by atoms with Crippen LogP contribution in [0.15, 0.2) is 35.2 Å². The van der Waals surface area contributed by atoms with Crippen LogP contribution in [0.3, 0.4) is 0 Å². The lowest BCUT2D eigenvalue weighted by atomic mass is 9.95. The minimum absolute atomic E-state index is 0.132. The predicted molar refractivity (Wildman–Crippen MR) is 87.0 cm³/mol. The van der Waals surface area contributed by atoms with E-state index in [1.807, 2.05) is 13.0 Å². The summed E-state index contributed by atoms with van der Waals surface area (Å²) in [5.41, 5.74) is 1.21. The molecule has 0 bridgehead atoms. The molecule has 24 heavy (non-hydrogen) atoms. The minimum Gasteiger partial charge on any atom is -0.372 e. The topological polar surface area (TPSA) is 37.9 Å². The van der Waals surface area contributed by atoms with Crippen molar-refractivity contribution in [2.45, 2.75) is 48.6 Å². The van der Waals surface area contributed by atoms with Crippen molar-refractivity contribution in [3.05, 3.63) is 47.3 Å². The smallest absolute Gasteiger partial charge is 0.372 e. The summed E-state index contributed by atoms with van der Waals surface area (Å²) < 4.78 is 44.3. The van der Waals surface area contributed by atoms with Gasteiger partial charge in [-0.15, -0.1) is 11.8 Å². The van der Waals surface area contributed by atoms with Gasteiger partial charge in [0.1, 0.15) is 6.10 Å². The SMILES string of the molecule is Cc1cc(C2CC(C)(Sc3cccc(C(F)(F)F)c3)CCO2)n[nH]1. The summed E-state index contributed by atoms with van der Waals surface area (Å²) in [6.07, 6.45) is -2.96. The van der Waals surface area contributed by atoms with Crippen LogP contribution >= 0.6 is 11.8 Å². The van der Waals surface area contributed by atoms with Gasteiger partial charge in [0, 0.05) is 21.9 Å². The highest BCUT2D eigenvalue weighted by molar-refractivity contribution is 8.00. The van der Waals surface area contributed by atoms with E-state index in [4.69, 9.17) is 4.74 Å². The predicted octanol–water partition coefficient (Wildman–Crippen LogP) is 5.14. The lowest BCUT2D eigenvalue weighted by Gasteiger charge is -2.37. The molecule has 0 spiro atoms. The molecule has 1 fully saturated rings. The first-order chi connectivity index (χ1) is 11.3. The summed E-state index contributed by atoms with van der Waals surface area (Å²) in [5, 5.41) is 7.16. The molecule has 2 atom stereocenters. The minimum atomic E-state index is -4.32. The number of rotatable bonds is 3. The number of hydrogen-bond acceptors (Lipinski definition) is 3. The number of H-pyrrole nitrogens is 1. The average Bonchev–Trinajstić information content (AvgIpc) is 2.93. The number of nitrogens with one attached hydrogen (secondary N) is 1. The number of alkyl halides is 3. The molecule has 1 aliphatic rings. The molecule has 1 aliphatic heterocycles. The van der Waals surface area contributed by atoms with Gasteiger partial charge in [-0.05, 0) is 51.0 Å². The lowest BCUT2D eigenvalue weighted by Crippen LogP contribution is -2.32. The molecule has 0 saturated carbocycles. The number of benzene rings is 1. The van der Waals surface area contributed by atoms with Crippen LogP contribution in [0, 0.1) is 6.92 Å². The summed E-state index contributed by atoms with van der Waals surface area (Å²) >= 11 is 1.48. The zero-order valence-electron chi connectivity index (χ0n) is 13.5. The van der Waals surface area contributed by atoms with Crippen LogP contribution in [0.25, 0.3) is 0 Å². The van der Waals surface area contributed by atoms with Crippen LogP contribution in [0.5, 0.6) is 0 Å². The van der Waals surface area contributed by atoms with E-state index < -0.39 is 11.7 Å². The summed E-state index contributed by atoms with van der Waals surface area (Å²) in [6.45, 7) is 4.57. The number of halogens is 3. The second kappa shape index (κ2) is 6.44. The van der Waals surface area contributed by atoms with Crippen LogP contribution < -0.4 is 0 Å². The van der Waals surface area contributed by atoms with E-state index in [9.17, 15) is 13.2 Å². The summed E-state index contributed by atoms with van der Waals surface area (Å²) in [4.78, 5) is 0.631. The highest BCUT2D eigenvalue weighted by atomic mass is 32.2. The second-order valence-corrected chi connectivity index (χ2v) is 8.03. The van der Waals surface area contributed by atoms with Gasteiger partial charge in [-0.25, -0.2) is 0 Å². The number of thioether (sulfide) groups is 1. The highest BCUT2D eigenvalue weighted by Gasteiger charge is 2.36. The zero-order chi connectivity index (χ0) is 17.4. The van der Waals surface area contributed by atoms with Gasteiger partial charge in [0.15, 0.2) is 0 Å². The zero-order valence-corrected chi connectivity index (χ0v) is 14.3. The Morgan fingerprint density at radius 2 is 2.12 bits per heavy atom. The molecular weight excluding hydrogens is 337 g/mol. The lowest BCUT2D eigenvalue weighted by molar-refractivity contribution is -0.137. The Labute approximate surface area is 143 Å². The first-order valence-electron chi connectivity index (χ1n) is 7.75. The van der Waals surface area contributed by atoms with Crippen molar-refractivity contribution in [3.8, 4) is 0 Å². The van der Waals surface area contributed by atoms with Gasteiger partial charge in [-0.3, -0.25) is 5.10 Å². The molecule has 3 rings (SSSR count). The Morgan fingerprint density at radius 3 is 2.79 bits per heavy atom. The molecular formula is C17H19F3N2OS. The molecule has 0 radical (unpaired) electrons. The Balaban J connectivity index is 1.76. The van der Waals surface area contributed by atoms with E-state index in [2.05, 4.69) is 17.1 Å². The monoisotopic (exact) mass is 356 g/mol. The molecule has 1 saturated heterocycles. The van der Waals surface area contributed by atoms with Crippen molar-refractivity contribution >= 4 is 11.8 Å². The van der Waals surface area contributed by atoms with Gasteiger partial charge in [0.05, 0.1) is 11.3 Å². The number of aromatic nitrogens is 2. The number of aryl methyl sites for hydroxylation is 1. The van der Waals surface area contributed by atoms with E-state index >= 15 is 0 Å². The van der Waals surface area contributed by atoms with Gasteiger partial charge in [-0.2, -0.15) is 18.3 Å². The molecule has 2 unspecified atom stereocenters. The molecule has 2 aromatic rings. The molecule has 2 heterocycles. The second-order valence-electron chi connectivity index (χ2n) is 6.37. The third-order valence-corrected chi connectivity index (χ3v) is 5.50. The van der Waals surface area contributed by atoms with E-state index in [0.717, 1.165) is 23.9 Å². The number of aromatic amines is 1. The van der Waals surface area contributed by atoms with Gasteiger partial charge in [0.2, 0.25) is 0 Å². The molecule has 130 valence electrons. The van der Waals surface area contributed by atoms with Crippen molar-refractivity contribution in [1.29, 1.82) is 0 Å². The molecule has 1 aromatic heterocycles. The fourth-order valence-corrected chi connectivity index (χ4v) is 4.20. The van der Waals surface area contributed by atoms with Gasteiger partial charge >= 0.3 is 6.18 Å². The Kier molecular flexibility index (Phi) is 4.66. The average molecular weight is 356 g/mol. The Hall–Kier alpha value is -1.47. The highest BCUT2D eigenvalue weighted by Crippen LogP contribution is 2.46. The maximum atomic E-state index is 12.9. The Bertz CT molecular complexity index is 716. The first-order valence-corrected chi connectivity index (χ1v) is 8.57. The van der Waals surface area contributed by atoms with Crippen LogP contribution in [0.4, 0.5) is 13.2 Å². The molecule has 1 aromatic carbocycles. The largest absolute Gasteiger partial charge is 0.416 e. The van der Waals surface area contributed by atoms with Gasteiger partial charge in [-0.1, -0.05) is 6.07 Å². The van der Waals surface area contributed by atoms with Crippen LogP contribution in [0.1, 0.15) is 42.8 Å². The standard InChI is InChI=1S/C17H19F3N2OS/c1-11-8-14(22-21-11)15-10-16(2,6-7-23-15)24-13-5-3-4-12(9-13)17(18,19)20/h3-5,8-9,15H,6-7,10H2,1-2H3,(H,21,22). The van der Waals surface area contributed by atoms with Crippen molar-refractivity contribution in [1.82, 2.24) is 10.2 Å². The molecule has 3 nitrogen and oxygen atoms in total. The summed E-state index contributed by atoms with van der Waals surface area (Å²) in [5.74, 6) is 0. The number of hydrogen-bond donors (Lipinski definition) is 1. The van der Waals surface area contributed by atoms with Crippen molar-refractivity contribution in [2.24, 2.45) is 0 Å². The van der Waals surface area contributed by atoms with E-state index in [-0.39, 0.29) is 10.9 Å². The molecule has 7 heteroatoms. The van der Waals surface area contributed by atoms with Crippen LogP contribution in [0.2, 0.25) is 0 Å². The van der Waals surface area contributed by atoms with E-state index in [0.29, 0.717) is 17.9 Å². The van der Waals surface area contributed by atoms with Crippen molar-refractivity contribution in [3.63, 3.8) is 0 Å². The van der Waals surface area contributed by atoms with E-state index in [1.54, 1.807) is 6.07 Å². The number of nitrogens with zero attached hydrogens (tertiary/aromatic N) is 1. The fraction of sp³-hybridized carbons (Fsp3) is 0.471. The normalized spacial score (nSPS) is 25.0. The molecule has 0 amide bonds. The first kappa shape index (κ1) is 17.4. The Morgan fingerprint density at radius 1 is 1.33 bits per heavy atom. The summed E-state index contributed by atoms with van der Waals surface area (Å²) in [6, 6.07) is 7.47. The van der Waals surface area contributed by atoms with E-state index in [1.165, 1.54) is 23.9 Å². The maximum absolute atomic E-state index is 12.9. The molecule has 1 N–H and O–H groups in total. The van der Waals surface area contributed by atoms with Crippen molar-refractivity contribution < 1.29 is 17.9 Å². The summed E-state index contributed by atoms with van der Waals surface area (Å²) in [7, 11) is 0. The quantitative estimate of drug-likeness (QED) is 0.827. The third-order valence-electron chi connectivity index (χ3n) is 4.15. The van der Waals surface area contributed by atoms with Crippen LogP contribution in [-0.4, -0.2) is 21.6 Å².